The number of aryl methyl sites for hydroxylation is 2. The van der Waals surface area contributed by atoms with Crippen LogP contribution >= 0.6 is 0 Å². The Morgan fingerprint density at radius 1 is 1.09 bits per heavy atom. The van der Waals surface area contributed by atoms with E-state index in [9.17, 15) is 14.0 Å². The molecule has 1 spiro atoms. The van der Waals surface area contributed by atoms with Gasteiger partial charge in [0.05, 0.1) is 35.7 Å². The first-order chi connectivity index (χ1) is 25.3. The second-order valence-corrected chi connectivity index (χ2v) is 16.8. The minimum Gasteiger partial charge on any atom is -0.476 e. The fourth-order valence-electron chi connectivity index (χ4n) is 9.18. The van der Waals surface area contributed by atoms with E-state index in [-0.39, 0.29) is 11.4 Å². The zero-order chi connectivity index (χ0) is 37.1. The molecule has 4 aliphatic heterocycles. The predicted molar refractivity (Wildman–Crippen MR) is 198 cm³/mol. The van der Waals surface area contributed by atoms with Crippen LogP contribution in [0.1, 0.15) is 97.9 Å². The first-order valence-electron chi connectivity index (χ1n) is 19.2. The number of ether oxygens (including phenoxy) is 3. The Balaban J connectivity index is 1.14. The van der Waals surface area contributed by atoms with Crippen molar-refractivity contribution >= 4 is 23.4 Å². The van der Waals surface area contributed by atoms with Gasteiger partial charge in [-0.15, -0.1) is 0 Å². The highest BCUT2D eigenvalue weighted by Gasteiger charge is 2.49. The lowest BCUT2D eigenvalue weighted by molar-refractivity contribution is -0.0853. The number of pyridine rings is 1. The fraction of sp³-hybridized carbons (Fsp3) is 0.600. The number of nitrogens with one attached hydrogen (secondary N) is 1. The molecule has 1 N–H and O–H groups in total. The molecule has 1 aliphatic carbocycles. The summed E-state index contributed by atoms with van der Waals surface area (Å²) in [6.07, 6.45) is 5.23. The number of hydrogen-bond acceptors (Lipinski definition) is 9. The van der Waals surface area contributed by atoms with Gasteiger partial charge in [0.1, 0.15) is 18.4 Å². The molecular weight excluding hydrogens is 677 g/mol. The highest BCUT2D eigenvalue weighted by Crippen LogP contribution is 2.48. The summed E-state index contributed by atoms with van der Waals surface area (Å²) >= 11 is 0. The van der Waals surface area contributed by atoms with Gasteiger partial charge in [0, 0.05) is 69.6 Å². The molecule has 0 bridgehead atoms. The van der Waals surface area contributed by atoms with Gasteiger partial charge in [-0.1, -0.05) is 6.07 Å². The van der Waals surface area contributed by atoms with Gasteiger partial charge in [0.25, 0.3) is 5.91 Å². The zero-order valence-electron chi connectivity index (χ0n) is 31.7. The molecule has 8 rings (SSSR count). The van der Waals surface area contributed by atoms with Crippen molar-refractivity contribution in [2.24, 2.45) is 0 Å². The molecule has 0 saturated carbocycles. The number of anilines is 2. The molecule has 2 saturated heterocycles. The number of hydrogen-bond donors (Lipinski definition) is 1. The van der Waals surface area contributed by atoms with E-state index in [1.165, 1.54) is 5.56 Å². The summed E-state index contributed by atoms with van der Waals surface area (Å²) in [7, 11) is 3.48. The van der Waals surface area contributed by atoms with Crippen LogP contribution in [0, 0.1) is 0 Å². The maximum atomic E-state index is 14.7. The van der Waals surface area contributed by atoms with Crippen LogP contribution in [0.25, 0.3) is 0 Å². The molecule has 1 aromatic carbocycles. The Bertz CT molecular complexity index is 1910. The van der Waals surface area contributed by atoms with E-state index in [1.807, 2.05) is 49.7 Å². The average molecular weight is 730 g/mol. The molecule has 13 heteroatoms. The minimum atomic E-state index is -0.838. The van der Waals surface area contributed by atoms with E-state index in [4.69, 9.17) is 19.2 Å². The molecule has 53 heavy (non-hydrogen) atoms. The second kappa shape index (κ2) is 13.6. The number of fused-ring (bicyclic) bond motifs is 5. The molecule has 284 valence electrons. The average Bonchev–Trinajstić information content (AvgIpc) is 3.73. The molecule has 2 fully saturated rings. The summed E-state index contributed by atoms with van der Waals surface area (Å²) in [6, 6.07) is 9.99. The number of carbonyl (C=O) groups is 2. The summed E-state index contributed by atoms with van der Waals surface area (Å²) in [4.78, 5) is 36.9. The highest BCUT2D eigenvalue weighted by molar-refractivity contribution is 5.92. The molecular formula is C40H52FN7O5. The van der Waals surface area contributed by atoms with E-state index in [0.29, 0.717) is 63.0 Å². The lowest BCUT2D eigenvalue weighted by atomic mass is 9.74. The molecule has 3 aromatic rings. The van der Waals surface area contributed by atoms with Crippen molar-refractivity contribution in [3.05, 3.63) is 64.1 Å². The predicted octanol–water partition coefficient (Wildman–Crippen LogP) is 6.00. The smallest absolute Gasteiger partial charge is 0.412 e. The first-order valence-corrected chi connectivity index (χ1v) is 19.2. The number of amides is 2. The Morgan fingerprint density at radius 2 is 1.94 bits per heavy atom. The Labute approximate surface area is 310 Å². The van der Waals surface area contributed by atoms with Crippen molar-refractivity contribution in [2.75, 3.05) is 50.6 Å². The van der Waals surface area contributed by atoms with Crippen molar-refractivity contribution in [3.8, 4) is 5.88 Å². The largest absolute Gasteiger partial charge is 0.476 e. The quantitative estimate of drug-likeness (QED) is 0.327. The lowest BCUT2D eigenvalue weighted by Crippen LogP contribution is -2.43. The minimum absolute atomic E-state index is 0.118. The van der Waals surface area contributed by atoms with Gasteiger partial charge in [-0.3, -0.25) is 19.7 Å². The topological polar surface area (TPSA) is 114 Å². The van der Waals surface area contributed by atoms with Crippen molar-refractivity contribution in [2.45, 2.75) is 115 Å². The molecule has 12 nitrogen and oxygen atoms in total. The number of benzene rings is 1. The van der Waals surface area contributed by atoms with Crippen LogP contribution in [-0.4, -0.2) is 94.2 Å². The molecule has 0 radical (unpaired) electrons. The van der Waals surface area contributed by atoms with E-state index in [0.717, 1.165) is 79.8 Å². The summed E-state index contributed by atoms with van der Waals surface area (Å²) in [5.74, 6) is 0.421. The van der Waals surface area contributed by atoms with E-state index < -0.39 is 23.5 Å². The van der Waals surface area contributed by atoms with Crippen LogP contribution in [0.3, 0.4) is 0 Å². The number of carbonyl (C=O) groups excluding carboxylic acids is 2. The Hall–Kier alpha value is -4.23. The monoisotopic (exact) mass is 729 g/mol. The van der Waals surface area contributed by atoms with Gasteiger partial charge >= 0.3 is 6.09 Å². The molecule has 3 atom stereocenters. The van der Waals surface area contributed by atoms with Gasteiger partial charge in [-0.2, -0.15) is 5.10 Å². The van der Waals surface area contributed by atoms with Crippen molar-refractivity contribution in [1.29, 1.82) is 0 Å². The third kappa shape index (κ3) is 6.98. The standard InChI is InChI=1S/C40H52FN7O5/c1-38(2,3)53-37(50)42-28-11-10-26-9-6-13-40(31(26)17-28)21-33-30(24-52-40)34(19-35(43-33)51-25-39-12-7-15-47(39)22-27(41)20-39)46-14-8-16-48-29(23-46)18-32(44-48)36(49)45(4)5/h10-11,17-19,27H,6-9,12-16,20-25H2,1-5H3,(H,42,50)/t27-,39+,40+/m1/s1. The van der Waals surface area contributed by atoms with Gasteiger partial charge in [-0.05, 0) is 95.2 Å². The zero-order valence-corrected chi connectivity index (χ0v) is 31.7. The van der Waals surface area contributed by atoms with Gasteiger partial charge in [-0.25, -0.2) is 14.2 Å². The maximum Gasteiger partial charge on any atom is 0.412 e. The molecule has 0 unspecified atom stereocenters. The molecule has 2 aromatic heterocycles. The van der Waals surface area contributed by atoms with Crippen LogP contribution in [-0.2, 0) is 47.6 Å². The van der Waals surface area contributed by atoms with Gasteiger partial charge < -0.3 is 24.0 Å². The lowest BCUT2D eigenvalue weighted by Gasteiger charge is -2.43. The fourth-order valence-corrected chi connectivity index (χ4v) is 9.18. The first kappa shape index (κ1) is 35.8. The summed E-state index contributed by atoms with van der Waals surface area (Å²) in [6.45, 7) is 9.73. The van der Waals surface area contributed by atoms with Gasteiger partial charge in [0.15, 0.2) is 5.69 Å². The SMILES string of the molecule is CN(C)C(=O)c1cc2n(n1)CCCN(c1cc(OC[C@@]34CCCN3C[C@H](F)C4)nc3c1CO[C@@]1(CCCc4ccc(NC(=O)OC(C)(C)C)cc41)C3)C2. The summed E-state index contributed by atoms with van der Waals surface area (Å²) in [5.41, 5.74) is 5.77. The molecule has 5 aliphatic rings. The number of alkyl halides is 1. The summed E-state index contributed by atoms with van der Waals surface area (Å²) in [5, 5.41) is 7.59. The maximum absolute atomic E-state index is 14.7. The van der Waals surface area contributed by atoms with Gasteiger partial charge in [0.2, 0.25) is 5.88 Å². The van der Waals surface area contributed by atoms with Crippen molar-refractivity contribution in [3.63, 3.8) is 0 Å². The van der Waals surface area contributed by atoms with Crippen LogP contribution in [0.4, 0.5) is 20.6 Å². The third-order valence-corrected chi connectivity index (χ3v) is 11.6. The summed E-state index contributed by atoms with van der Waals surface area (Å²) < 4.78 is 35.8. The van der Waals surface area contributed by atoms with Crippen molar-refractivity contribution < 1.29 is 28.2 Å². The van der Waals surface area contributed by atoms with E-state index in [2.05, 4.69) is 26.3 Å². The number of aromatic nitrogens is 3. The molecule has 2 amide bonds. The van der Waals surface area contributed by atoms with E-state index >= 15 is 0 Å². The third-order valence-electron chi connectivity index (χ3n) is 11.6. The number of nitrogens with zero attached hydrogens (tertiary/aromatic N) is 6. The van der Waals surface area contributed by atoms with Crippen molar-refractivity contribution in [1.82, 2.24) is 24.6 Å². The second-order valence-electron chi connectivity index (χ2n) is 16.8. The van der Waals surface area contributed by atoms with Crippen LogP contribution in [0.5, 0.6) is 5.88 Å². The number of halogens is 1. The van der Waals surface area contributed by atoms with Crippen LogP contribution in [0.15, 0.2) is 30.3 Å². The normalized spacial score (nSPS) is 25.2. The van der Waals surface area contributed by atoms with E-state index in [1.54, 1.807) is 19.0 Å². The number of rotatable bonds is 6. The Morgan fingerprint density at radius 3 is 2.75 bits per heavy atom. The van der Waals surface area contributed by atoms with Crippen LogP contribution < -0.4 is 15.0 Å². The Kier molecular flexibility index (Phi) is 9.16. The molecule has 6 heterocycles. The van der Waals surface area contributed by atoms with Crippen LogP contribution in [0.2, 0.25) is 0 Å². The highest BCUT2D eigenvalue weighted by atomic mass is 19.1.